The monoisotopic (exact) mass is 278 g/mol. The fraction of sp³-hybridized carbons (Fsp3) is 0.625. The Bertz CT molecular complexity index is 392. The highest BCUT2D eigenvalue weighted by Gasteiger charge is 2.13. The topological polar surface area (TPSA) is 33.7 Å². The molecule has 0 aromatic heterocycles. The fourth-order valence-electron chi connectivity index (χ4n) is 2.44. The molecule has 0 radical (unpaired) electrons. The molecule has 1 aromatic carbocycles. The van der Waals surface area contributed by atoms with Crippen LogP contribution in [0.5, 0.6) is 5.75 Å². The first kappa shape index (κ1) is 15.3. The highest BCUT2D eigenvalue weighted by molar-refractivity contribution is 5.28. The fourth-order valence-corrected chi connectivity index (χ4v) is 2.44. The van der Waals surface area contributed by atoms with Crippen molar-refractivity contribution in [3.05, 3.63) is 29.8 Å². The Hall–Kier alpha value is -1.10. The number of hydrogen-bond donors (Lipinski definition) is 1. The zero-order chi connectivity index (χ0) is 14.2. The number of ether oxygens (including phenoxy) is 2. The van der Waals surface area contributed by atoms with Crippen LogP contribution in [0.25, 0.3) is 0 Å². The number of nitrogens with one attached hydrogen (secondary N) is 1. The second-order valence-electron chi connectivity index (χ2n) is 5.28. The predicted octanol–water partition coefficient (Wildman–Crippen LogP) is 1.90. The van der Waals surface area contributed by atoms with Gasteiger partial charge in [-0.25, -0.2) is 0 Å². The lowest BCUT2D eigenvalue weighted by Gasteiger charge is -2.29. The van der Waals surface area contributed by atoms with E-state index in [0.717, 1.165) is 45.1 Å². The van der Waals surface area contributed by atoms with Crippen LogP contribution < -0.4 is 10.1 Å². The van der Waals surface area contributed by atoms with Crippen molar-refractivity contribution >= 4 is 0 Å². The Kier molecular flexibility index (Phi) is 6.30. The Morgan fingerprint density at radius 1 is 1.35 bits per heavy atom. The maximum atomic E-state index is 5.52. The molecule has 1 aliphatic heterocycles. The highest BCUT2D eigenvalue weighted by Crippen LogP contribution is 2.13. The molecule has 1 atom stereocenters. The van der Waals surface area contributed by atoms with Crippen LogP contribution in [-0.2, 0) is 11.3 Å². The van der Waals surface area contributed by atoms with E-state index in [0.29, 0.717) is 12.6 Å². The summed E-state index contributed by atoms with van der Waals surface area (Å²) < 4.78 is 10.9. The first-order valence-corrected chi connectivity index (χ1v) is 7.53. The van der Waals surface area contributed by atoms with Gasteiger partial charge in [-0.15, -0.1) is 0 Å². The Morgan fingerprint density at radius 2 is 2.15 bits per heavy atom. The van der Waals surface area contributed by atoms with Crippen molar-refractivity contribution in [3.63, 3.8) is 0 Å². The summed E-state index contributed by atoms with van der Waals surface area (Å²) >= 11 is 0. The lowest BCUT2D eigenvalue weighted by Crippen LogP contribution is -2.44. The van der Waals surface area contributed by atoms with E-state index in [1.165, 1.54) is 5.56 Å². The third-order valence-electron chi connectivity index (χ3n) is 3.50. The van der Waals surface area contributed by atoms with Crippen molar-refractivity contribution in [2.75, 3.05) is 39.5 Å². The number of nitrogens with zero attached hydrogens (tertiary/aromatic N) is 1. The number of hydrogen-bond acceptors (Lipinski definition) is 4. The van der Waals surface area contributed by atoms with Crippen molar-refractivity contribution in [2.45, 2.75) is 26.4 Å². The molecular weight excluding hydrogens is 252 g/mol. The average molecular weight is 278 g/mol. The number of benzene rings is 1. The summed E-state index contributed by atoms with van der Waals surface area (Å²) in [6.07, 6.45) is 0. The van der Waals surface area contributed by atoms with Gasteiger partial charge in [0, 0.05) is 32.2 Å². The molecule has 1 unspecified atom stereocenters. The maximum Gasteiger partial charge on any atom is 0.119 e. The van der Waals surface area contributed by atoms with Gasteiger partial charge >= 0.3 is 0 Å². The van der Waals surface area contributed by atoms with Crippen molar-refractivity contribution in [3.8, 4) is 5.75 Å². The standard InChI is InChI=1S/C16H26N2O2/c1-3-20-16-6-4-5-15(11-16)12-17-14(2)13-18-7-9-19-10-8-18/h4-6,11,14,17H,3,7-10,12-13H2,1-2H3. The lowest BCUT2D eigenvalue weighted by atomic mass is 10.2. The van der Waals surface area contributed by atoms with Gasteiger partial charge in [-0.2, -0.15) is 0 Å². The lowest BCUT2D eigenvalue weighted by molar-refractivity contribution is 0.0343. The molecule has 0 bridgehead atoms. The maximum absolute atomic E-state index is 5.52. The first-order chi connectivity index (χ1) is 9.78. The summed E-state index contributed by atoms with van der Waals surface area (Å²) in [6.45, 7) is 10.7. The van der Waals surface area contributed by atoms with Crippen LogP contribution >= 0.6 is 0 Å². The summed E-state index contributed by atoms with van der Waals surface area (Å²) in [6, 6.07) is 8.78. The highest BCUT2D eigenvalue weighted by atomic mass is 16.5. The number of morpholine rings is 1. The van der Waals surface area contributed by atoms with Gasteiger partial charge < -0.3 is 14.8 Å². The first-order valence-electron chi connectivity index (χ1n) is 7.53. The van der Waals surface area contributed by atoms with Crippen LogP contribution in [0.2, 0.25) is 0 Å². The molecule has 2 rings (SSSR count). The third-order valence-corrected chi connectivity index (χ3v) is 3.50. The number of rotatable bonds is 7. The zero-order valence-corrected chi connectivity index (χ0v) is 12.6. The van der Waals surface area contributed by atoms with Crippen molar-refractivity contribution in [2.24, 2.45) is 0 Å². The van der Waals surface area contributed by atoms with Crippen LogP contribution in [0.4, 0.5) is 0 Å². The minimum atomic E-state index is 0.476. The molecule has 1 aliphatic rings. The van der Waals surface area contributed by atoms with Gasteiger partial charge in [0.1, 0.15) is 5.75 Å². The van der Waals surface area contributed by atoms with E-state index in [1.54, 1.807) is 0 Å². The summed E-state index contributed by atoms with van der Waals surface area (Å²) in [5.41, 5.74) is 1.27. The summed E-state index contributed by atoms with van der Waals surface area (Å²) in [5.74, 6) is 0.952. The SMILES string of the molecule is CCOc1cccc(CNC(C)CN2CCOCC2)c1. The second-order valence-corrected chi connectivity index (χ2v) is 5.28. The van der Waals surface area contributed by atoms with Crippen LogP contribution in [-0.4, -0.2) is 50.4 Å². The van der Waals surface area contributed by atoms with Crippen LogP contribution in [0.1, 0.15) is 19.4 Å². The average Bonchev–Trinajstić information content (AvgIpc) is 2.47. The van der Waals surface area contributed by atoms with Gasteiger partial charge in [0.2, 0.25) is 0 Å². The van der Waals surface area contributed by atoms with Crippen molar-refractivity contribution in [1.82, 2.24) is 10.2 Å². The molecule has 4 heteroatoms. The quantitative estimate of drug-likeness (QED) is 0.826. The molecule has 1 aromatic rings. The molecule has 0 aliphatic carbocycles. The van der Waals surface area contributed by atoms with E-state index >= 15 is 0 Å². The third kappa shape index (κ3) is 5.12. The molecule has 0 amide bonds. The Balaban J connectivity index is 1.74. The van der Waals surface area contributed by atoms with Gasteiger partial charge in [-0.05, 0) is 31.5 Å². The Morgan fingerprint density at radius 3 is 2.90 bits per heavy atom. The summed E-state index contributed by atoms with van der Waals surface area (Å²) in [4.78, 5) is 2.46. The predicted molar refractivity (Wildman–Crippen MR) is 81.2 cm³/mol. The van der Waals surface area contributed by atoms with Gasteiger partial charge in [0.05, 0.1) is 19.8 Å². The second kappa shape index (κ2) is 8.25. The molecule has 1 saturated heterocycles. The van der Waals surface area contributed by atoms with E-state index < -0.39 is 0 Å². The van der Waals surface area contributed by atoms with E-state index in [9.17, 15) is 0 Å². The molecule has 0 spiro atoms. The Labute approximate surface area is 122 Å². The molecule has 0 saturated carbocycles. The molecule has 20 heavy (non-hydrogen) atoms. The molecule has 1 N–H and O–H groups in total. The van der Waals surface area contributed by atoms with Crippen LogP contribution in [0.15, 0.2) is 24.3 Å². The van der Waals surface area contributed by atoms with E-state index in [1.807, 2.05) is 13.0 Å². The van der Waals surface area contributed by atoms with E-state index in [2.05, 4.69) is 35.3 Å². The molecular formula is C16H26N2O2. The van der Waals surface area contributed by atoms with Gasteiger partial charge in [0.15, 0.2) is 0 Å². The molecule has 112 valence electrons. The van der Waals surface area contributed by atoms with E-state index in [-0.39, 0.29) is 0 Å². The normalized spacial score (nSPS) is 17.9. The van der Waals surface area contributed by atoms with Gasteiger partial charge in [-0.1, -0.05) is 12.1 Å². The van der Waals surface area contributed by atoms with E-state index in [4.69, 9.17) is 9.47 Å². The summed E-state index contributed by atoms with van der Waals surface area (Å²) in [7, 11) is 0. The van der Waals surface area contributed by atoms with Gasteiger partial charge in [-0.3, -0.25) is 4.90 Å². The summed E-state index contributed by atoms with van der Waals surface area (Å²) in [5, 5.41) is 3.58. The molecule has 1 heterocycles. The van der Waals surface area contributed by atoms with Crippen LogP contribution in [0, 0.1) is 0 Å². The largest absolute Gasteiger partial charge is 0.494 e. The van der Waals surface area contributed by atoms with Crippen molar-refractivity contribution < 1.29 is 9.47 Å². The zero-order valence-electron chi connectivity index (χ0n) is 12.6. The van der Waals surface area contributed by atoms with Gasteiger partial charge in [0.25, 0.3) is 0 Å². The molecule has 1 fully saturated rings. The van der Waals surface area contributed by atoms with Crippen molar-refractivity contribution in [1.29, 1.82) is 0 Å². The minimum absolute atomic E-state index is 0.476. The van der Waals surface area contributed by atoms with Crippen LogP contribution in [0.3, 0.4) is 0 Å². The minimum Gasteiger partial charge on any atom is -0.494 e. The molecule has 4 nitrogen and oxygen atoms in total. The smallest absolute Gasteiger partial charge is 0.119 e.